The van der Waals surface area contributed by atoms with Gasteiger partial charge in [0.2, 0.25) is 0 Å². The molecular formula is C20H24O4. The lowest BCUT2D eigenvalue weighted by Gasteiger charge is -2.20. The van der Waals surface area contributed by atoms with Crippen molar-refractivity contribution in [1.29, 1.82) is 0 Å². The Morgan fingerprint density at radius 2 is 1.67 bits per heavy atom. The smallest absolute Gasteiger partial charge is 0.311 e. The molecule has 128 valence electrons. The van der Waals surface area contributed by atoms with E-state index in [9.17, 15) is 9.90 Å². The standard InChI is InChI=1S/C20H24O4/c1-12-8-13(2)19(14(3)9-12)17(20(21)22)10-15-6-7-16(23-4)11-18(15)24-5/h6-9,11,17H,10H2,1-5H3,(H,21,22). The number of hydrogen-bond donors (Lipinski definition) is 1. The minimum absolute atomic E-state index is 0.368. The predicted molar refractivity (Wildman–Crippen MR) is 94.3 cm³/mol. The molecular weight excluding hydrogens is 304 g/mol. The molecule has 0 spiro atoms. The lowest BCUT2D eigenvalue weighted by atomic mass is 9.85. The van der Waals surface area contributed by atoms with E-state index in [0.717, 1.165) is 27.8 Å². The number of aryl methyl sites for hydroxylation is 3. The molecule has 1 unspecified atom stereocenters. The van der Waals surface area contributed by atoms with Gasteiger partial charge in [-0.05, 0) is 55.5 Å². The van der Waals surface area contributed by atoms with Gasteiger partial charge in [-0.2, -0.15) is 0 Å². The van der Waals surface area contributed by atoms with Crippen LogP contribution in [0.4, 0.5) is 0 Å². The molecule has 2 rings (SSSR count). The Labute approximate surface area is 143 Å². The van der Waals surface area contributed by atoms with Gasteiger partial charge in [-0.3, -0.25) is 4.79 Å². The average Bonchev–Trinajstić information content (AvgIpc) is 2.52. The van der Waals surface area contributed by atoms with Crippen LogP contribution in [0.15, 0.2) is 30.3 Å². The highest BCUT2D eigenvalue weighted by Gasteiger charge is 2.25. The maximum atomic E-state index is 12.0. The molecule has 2 aromatic carbocycles. The fraction of sp³-hybridized carbons (Fsp3) is 0.350. The van der Waals surface area contributed by atoms with Gasteiger partial charge in [-0.1, -0.05) is 23.8 Å². The van der Waals surface area contributed by atoms with E-state index in [4.69, 9.17) is 9.47 Å². The number of benzene rings is 2. The van der Waals surface area contributed by atoms with Gasteiger partial charge in [0.25, 0.3) is 0 Å². The Bertz CT molecular complexity index is 726. The van der Waals surface area contributed by atoms with Crippen LogP contribution in [0.1, 0.15) is 33.7 Å². The van der Waals surface area contributed by atoms with Crippen LogP contribution in [0.25, 0.3) is 0 Å². The third-order valence-electron chi connectivity index (χ3n) is 4.30. The number of hydrogen-bond acceptors (Lipinski definition) is 3. The summed E-state index contributed by atoms with van der Waals surface area (Å²) >= 11 is 0. The second-order valence-electron chi connectivity index (χ2n) is 6.09. The normalized spacial score (nSPS) is 11.9. The zero-order valence-corrected chi connectivity index (χ0v) is 14.8. The zero-order chi connectivity index (χ0) is 17.9. The second-order valence-corrected chi connectivity index (χ2v) is 6.09. The van der Waals surface area contributed by atoms with Crippen molar-refractivity contribution in [2.45, 2.75) is 33.1 Å². The van der Waals surface area contributed by atoms with Crippen molar-refractivity contribution >= 4 is 5.97 Å². The van der Waals surface area contributed by atoms with Gasteiger partial charge < -0.3 is 14.6 Å². The topological polar surface area (TPSA) is 55.8 Å². The van der Waals surface area contributed by atoms with Crippen LogP contribution >= 0.6 is 0 Å². The summed E-state index contributed by atoms with van der Waals surface area (Å²) in [6.45, 7) is 5.96. The van der Waals surface area contributed by atoms with E-state index < -0.39 is 11.9 Å². The van der Waals surface area contributed by atoms with Crippen LogP contribution in [0.3, 0.4) is 0 Å². The minimum atomic E-state index is -0.831. The molecule has 0 bridgehead atoms. The summed E-state index contributed by atoms with van der Waals surface area (Å²) in [6.07, 6.45) is 0.368. The van der Waals surface area contributed by atoms with Gasteiger partial charge in [0.05, 0.1) is 20.1 Å². The largest absolute Gasteiger partial charge is 0.497 e. The third kappa shape index (κ3) is 3.70. The van der Waals surface area contributed by atoms with Gasteiger partial charge in [-0.25, -0.2) is 0 Å². The fourth-order valence-corrected chi connectivity index (χ4v) is 3.29. The van der Waals surface area contributed by atoms with Gasteiger partial charge >= 0.3 is 5.97 Å². The molecule has 0 amide bonds. The van der Waals surface area contributed by atoms with E-state index >= 15 is 0 Å². The van der Waals surface area contributed by atoms with Gasteiger partial charge in [0.1, 0.15) is 11.5 Å². The summed E-state index contributed by atoms with van der Waals surface area (Å²) in [5.41, 5.74) is 4.88. The van der Waals surface area contributed by atoms with E-state index in [1.807, 2.05) is 45.0 Å². The molecule has 0 fully saturated rings. The maximum absolute atomic E-state index is 12.0. The lowest BCUT2D eigenvalue weighted by Crippen LogP contribution is -2.17. The molecule has 0 aliphatic carbocycles. The number of rotatable bonds is 6. The molecule has 1 atom stereocenters. The molecule has 24 heavy (non-hydrogen) atoms. The van der Waals surface area contributed by atoms with Crippen LogP contribution < -0.4 is 9.47 Å². The molecule has 0 aromatic heterocycles. The zero-order valence-electron chi connectivity index (χ0n) is 14.8. The summed E-state index contributed by atoms with van der Waals surface area (Å²) < 4.78 is 10.6. The van der Waals surface area contributed by atoms with E-state index in [1.54, 1.807) is 20.3 Å². The fourth-order valence-electron chi connectivity index (χ4n) is 3.29. The molecule has 0 radical (unpaired) electrons. The van der Waals surface area contributed by atoms with Crippen molar-refractivity contribution in [3.8, 4) is 11.5 Å². The molecule has 0 aliphatic heterocycles. The van der Waals surface area contributed by atoms with Crippen LogP contribution in [0.5, 0.6) is 11.5 Å². The molecule has 4 heteroatoms. The van der Waals surface area contributed by atoms with Crippen LogP contribution in [-0.4, -0.2) is 25.3 Å². The first-order valence-electron chi connectivity index (χ1n) is 7.88. The Morgan fingerprint density at radius 3 is 2.17 bits per heavy atom. The molecule has 0 saturated carbocycles. The number of carbonyl (C=O) groups is 1. The van der Waals surface area contributed by atoms with Crippen LogP contribution in [0, 0.1) is 20.8 Å². The van der Waals surface area contributed by atoms with Crippen molar-refractivity contribution < 1.29 is 19.4 Å². The van der Waals surface area contributed by atoms with E-state index in [-0.39, 0.29) is 0 Å². The van der Waals surface area contributed by atoms with Gasteiger partial charge in [0, 0.05) is 6.07 Å². The minimum Gasteiger partial charge on any atom is -0.497 e. The summed E-state index contributed by atoms with van der Waals surface area (Å²) in [4.78, 5) is 12.0. The molecule has 0 aliphatic rings. The first-order chi connectivity index (χ1) is 11.4. The summed E-state index contributed by atoms with van der Waals surface area (Å²) in [7, 11) is 3.17. The monoisotopic (exact) mass is 328 g/mol. The number of ether oxygens (including phenoxy) is 2. The van der Waals surface area contributed by atoms with Crippen molar-refractivity contribution in [3.63, 3.8) is 0 Å². The summed E-state index contributed by atoms with van der Waals surface area (Å²) in [5, 5.41) is 9.81. The second kappa shape index (κ2) is 7.39. The van der Waals surface area contributed by atoms with Crippen molar-refractivity contribution in [1.82, 2.24) is 0 Å². The first kappa shape index (κ1) is 17.9. The number of carboxylic acids is 1. The maximum Gasteiger partial charge on any atom is 0.311 e. The van der Waals surface area contributed by atoms with E-state index in [2.05, 4.69) is 0 Å². The van der Waals surface area contributed by atoms with Crippen LogP contribution in [0.2, 0.25) is 0 Å². The molecule has 2 aromatic rings. The van der Waals surface area contributed by atoms with Crippen molar-refractivity contribution in [2.24, 2.45) is 0 Å². The van der Waals surface area contributed by atoms with E-state index in [0.29, 0.717) is 17.9 Å². The highest BCUT2D eigenvalue weighted by Crippen LogP contribution is 2.33. The molecule has 0 saturated heterocycles. The summed E-state index contributed by atoms with van der Waals surface area (Å²) in [5.74, 6) is -0.121. The number of carboxylic acid groups (broad SMARTS) is 1. The Morgan fingerprint density at radius 1 is 1.04 bits per heavy atom. The Hall–Kier alpha value is -2.49. The van der Waals surface area contributed by atoms with Crippen molar-refractivity contribution in [3.05, 3.63) is 58.1 Å². The Balaban J connectivity index is 2.46. The molecule has 4 nitrogen and oxygen atoms in total. The first-order valence-corrected chi connectivity index (χ1v) is 7.88. The van der Waals surface area contributed by atoms with E-state index in [1.165, 1.54) is 0 Å². The SMILES string of the molecule is COc1ccc(CC(C(=O)O)c2c(C)cc(C)cc2C)c(OC)c1. The molecule has 1 N–H and O–H groups in total. The van der Waals surface area contributed by atoms with Gasteiger partial charge in [0.15, 0.2) is 0 Å². The van der Waals surface area contributed by atoms with Crippen LogP contribution in [-0.2, 0) is 11.2 Å². The average molecular weight is 328 g/mol. The number of methoxy groups -OCH3 is 2. The predicted octanol–water partition coefficient (Wildman–Crippen LogP) is 4.04. The third-order valence-corrected chi connectivity index (χ3v) is 4.30. The summed E-state index contributed by atoms with van der Waals surface area (Å²) in [6, 6.07) is 9.54. The molecule has 0 heterocycles. The van der Waals surface area contributed by atoms with Crippen molar-refractivity contribution in [2.75, 3.05) is 14.2 Å². The quantitative estimate of drug-likeness (QED) is 0.869. The lowest BCUT2D eigenvalue weighted by molar-refractivity contribution is -0.138. The van der Waals surface area contributed by atoms with Gasteiger partial charge in [-0.15, -0.1) is 0 Å². The highest BCUT2D eigenvalue weighted by molar-refractivity contribution is 5.78. The Kier molecular flexibility index (Phi) is 5.50. The highest BCUT2D eigenvalue weighted by atomic mass is 16.5. The number of aliphatic carboxylic acids is 1.